The van der Waals surface area contributed by atoms with Gasteiger partial charge in [0.25, 0.3) is 0 Å². The molecule has 2 aromatic carbocycles. The van der Waals surface area contributed by atoms with E-state index in [1.165, 1.54) is 5.56 Å². The molecule has 0 saturated carbocycles. The molecule has 0 saturated heterocycles. The van der Waals surface area contributed by atoms with E-state index in [4.69, 9.17) is 15.2 Å². The lowest BCUT2D eigenvalue weighted by molar-refractivity contribution is 0.286. The smallest absolute Gasteiger partial charge is 0.161 e. The zero-order valence-corrected chi connectivity index (χ0v) is 12.5. The molecule has 2 rings (SSSR count). The van der Waals surface area contributed by atoms with Crippen molar-refractivity contribution in [2.45, 2.75) is 25.8 Å². The van der Waals surface area contributed by atoms with Gasteiger partial charge < -0.3 is 15.2 Å². The molecule has 0 unspecified atom stereocenters. The molecule has 0 aromatic heterocycles. The first-order valence-electron chi connectivity index (χ1n) is 7.37. The maximum atomic E-state index is 5.80. The molecule has 21 heavy (non-hydrogen) atoms. The second kappa shape index (κ2) is 8.32. The lowest BCUT2D eigenvalue weighted by Crippen LogP contribution is -2.02. The number of aryl methyl sites for hydroxylation is 1. The van der Waals surface area contributed by atoms with Crippen molar-refractivity contribution in [3.63, 3.8) is 0 Å². The van der Waals surface area contributed by atoms with Crippen LogP contribution in [0.15, 0.2) is 48.5 Å². The van der Waals surface area contributed by atoms with E-state index in [1.807, 2.05) is 24.3 Å². The monoisotopic (exact) mass is 285 g/mol. The first-order chi connectivity index (χ1) is 10.3. The number of rotatable bonds is 8. The van der Waals surface area contributed by atoms with Crippen LogP contribution in [0.3, 0.4) is 0 Å². The predicted molar refractivity (Wildman–Crippen MR) is 85.8 cm³/mol. The van der Waals surface area contributed by atoms with Crippen LogP contribution >= 0.6 is 0 Å². The fraction of sp³-hybridized carbons (Fsp3) is 0.333. The normalized spacial score (nSPS) is 10.4. The highest BCUT2D eigenvalue weighted by atomic mass is 16.5. The molecule has 112 valence electrons. The van der Waals surface area contributed by atoms with Crippen molar-refractivity contribution < 1.29 is 9.47 Å². The van der Waals surface area contributed by atoms with Crippen LogP contribution in [0.25, 0.3) is 0 Å². The highest BCUT2D eigenvalue weighted by Gasteiger charge is 2.05. The summed E-state index contributed by atoms with van der Waals surface area (Å²) in [6.45, 7) is 1.21. The highest BCUT2D eigenvalue weighted by molar-refractivity contribution is 5.42. The van der Waals surface area contributed by atoms with Crippen molar-refractivity contribution in [3.8, 4) is 11.5 Å². The SMILES string of the molecule is COc1cc(CN)ccc1OCCCCc1ccccc1. The van der Waals surface area contributed by atoms with E-state index in [9.17, 15) is 0 Å². The Hall–Kier alpha value is -2.00. The molecule has 2 N–H and O–H groups in total. The molecule has 0 aliphatic heterocycles. The third-order valence-electron chi connectivity index (χ3n) is 3.42. The minimum absolute atomic E-state index is 0.508. The number of hydrogen-bond acceptors (Lipinski definition) is 3. The van der Waals surface area contributed by atoms with Gasteiger partial charge in [0.15, 0.2) is 11.5 Å². The van der Waals surface area contributed by atoms with Gasteiger partial charge in [0.05, 0.1) is 13.7 Å². The number of methoxy groups -OCH3 is 1. The van der Waals surface area contributed by atoms with Crippen LogP contribution in [0.5, 0.6) is 11.5 Å². The van der Waals surface area contributed by atoms with Gasteiger partial charge in [-0.05, 0) is 42.5 Å². The number of ether oxygens (including phenoxy) is 2. The second-order valence-electron chi connectivity index (χ2n) is 4.98. The van der Waals surface area contributed by atoms with E-state index in [2.05, 4.69) is 24.3 Å². The Labute approximate surface area is 126 Å². The van der Waals surface area contributed by atoms with Crippen LogP contribution in [-0.2, 0) is 13.0 Å². The van der Waals surface area contributed by atoms with Crippen LogP contribution in [0, 0.1) is 0 Å². The molecule has 0 aliphatic carbocycles. The molecular formula is C18H23NO2. The molecule has 0 atom stereocenters. The minimum atomic E-state index is 0.508. The van der Waals surface area contributed by atoms with Gasteiger partial charge in [0.1, 0.15) is 0 Å². The summed E-state index contributed by atoms with van der Waals surface area (Å²) in [7, 11) is 1.65. The molecule has 0 heterocycles. The summed E-state index contributed by atoms with van der Waals surface area (Å²) in [6.07, 6.45) is 3.23. The van der Waals surface area contributed by atoms with Gasteiger partial charge in [-0.1, -0.05) is 36.4 Å². The van der Waals surface area contributed by atoms with Crippen LogP contribution in [0.2, 0.25) is 0 Å². The topological polar surface area (TPSA) is 44.5 Å². The Morgan fingerprint density at radius 2 is 1.71 bits per heavy atom. The van der Waals surface area contributed by atoms with Gasteiger partial charge in [-0.15, -0.1) is 0 Å². The fourth-order valence-corrected chi connectivity index (χ4v) is 2.22. The third kappa shape index (κ3) is 4.80. The van der Waals surface area contributed by atoms with Gasteiger partial charge >= 0.3 is 0 Å². The lowest BCUT2D eigenvalue weighted by Gasteiger charge is -2.11. The van der Waals surface area contributed by atoms with Crippen LogP contribution in [-0.4, -0.2) is 13.7 Å². The zero-order chi connectivity index (χ0) is 14.9. The number of nitrogens with two attached hydrogens (primary N) is 1. The molecule has 0 fully saturated rings. The highest BCUT2D eigenvalue weighted by Crippen LogP contribution is 2.28. The van der Waals surface area contributed by atoms with Crippen LogP contribution in [0.1, 0.15) is 24.0 Å². The minimum Gasteiger partial charge on any atom is -0.493 e. The maximum absolute atomic E-state index is 5.80. The molecule has 3 heteroatoms. The molecule has 0 spiro atoms. The molecule has 3 nitrogen and oxygen atoms in total. The number of hydrogen-bond donors (Lipinski definition) is 1. The van der Waals surface area contributed by atoms with E-state index >= 15 is 0 Å². The van der Waals surface area contributed by atoms with Crippen molar-refractivity contribution in [2.75, 3.05) is 13.7 Å². The lowest BCUT2D eigenvalue weighted by atomic mass is 10.1. The molecule has 2 aromatic rings. The van der Waals surface area contributed by atoms with E-state index < -0.39 is 0 Å². The predicted octanol–water partition coefficient (Wildman–Crippen LogP) is 3.56. The molecule has 0 radical (unpaired) electrons. The largest absolute Gasteiger partial charge is 0.493 e. The standard InChI is InChI=1S/C18H23NO2/c1-20-18-13-16(14-19)10-11-17(18)21-12-6-5-9-15-7-3-2-4-8-15/h2-4,7-8,10-11,13H,5-6,9,12,14,19H2,1H3. The fourth-order valence-electron chi connectivity index (χ4n) is 2.22. The Morgan fingerprint density at radius 1 is 0.905 bits per heavy atom. The molecular weight excluding hydrogens is 262 g/mol. The number of benzene rings is 2. The van der Waals surface area contributed by atoms with Gasteiger partial charge in [-0.25, -0.2) is 0 Å². The zero-order valence-electron chi connectivity index (χ0n) is 12.5. The summed E-state index contributed by atoms with van der Waals surface area (Å²) in [5.41, 5.74) is 8.04. The van der Waals surface area contributed by atoms with Crippen molar-refractivity contribution in [3.05, 3.63) is 59.7 Å². The summed E-state index contributed by atoms with van der Waals surface area (Å²) >= 11 is 0. The van der Waals surface area contributed by atoms with Crippen molar-refractivity contribution in [1.82, 2.24) is 0 Å². The second-order valence-corrected chi connectivity index (χ2v) is 4.98. The van der Waals surface area contributed by atoms with E-state index in [-0.39, 0.29) is 0 Å². The van der Waals surface area contributed by atoms with Gasteiger partial charge in [0.2, 0.25) is 0 Å². The van der Waals surface area contributed by atoms with Crippen LogP contribution in [0.4, 0.5) is 0 Å². The summed E-state index contributed by atoms with van der Waals surface area (Å²) in [4.78, 5) is 0. The molecule has 0 bridgehead atoms. The summed E-state index contributed by atoms with van der Waals surface area (Å²) in [5, 5.41) is 0. The van der Waals surface area contributed by atoms with E-state index in [0.717, 1.165) is 36.3 Å². The van der Waals surface area contributed by atoms with Gasteiger partial charge in [-0.2, -0.15) is 0 Å². The average Bonchev–Trinajstić information content (AvgIpc) is 2.55. The van der Waals surface area contributed by atoms with E-state index in [1.54, 1.807) is 7.11 Å². The summed E-state index contributed by atoms with van der Waals surface area (Å²) in [6, 6.07) is 16.4. The van der Waals surface area contributed by atoms with Crippen molar-refractivity contribution in [2.24, 2.45) is 5.73 Å². The molecule has 0 amide bonds. The Bertz CT molecular complexity index is 540. The van der Waals surface area contributed by atoms with E-state index in [0.29, 0.717) is 13.2 Å². The summed E-state index contributed by atoms with van der Waals surface area (Å²) in [5.74, 6) is 1.54. The quantitative estimate of drug-likeness (QED) is 0.754. The third-order valence-corrected chi connectivity index (χ3v) is 3.42. The Kier molecular flexibility index (Phi) is 6.10. The Morgan fingerprint density at radius 3 is 2.43 bits per heavy atom. The molecule has 0 aliphatic rings. The van der Waals surface area contributed by atoms with Gasteiger partial charge in [-0.3, -0.25) is 0 Å². The maximum Gasteiger partial charge on any atom is 0.161 e. The van der Waals surface area contributed by atoms with Crippen molar-refractivity contribution >= 4 is 0 Å². The first kappa shape index (κ1) is 15.4. The van der Waals surface area contributed by atoms with Crippen molar-refractivity contribution in [1.29, 1.82) is 0 Å². The Balaban J connectivity index is 1.76. The van der Waals surface area contributed by atoms with Gasteiger partial charge in [0, 0.05) is 6.54 Å². The number of unbranched alkanes of at least 4 members (excludes halogenated alkanes) is 1. The summed E-state index contributed by atoms with van der Waals surface area (Å²) < 4.78 is 11.1. The first-order valence-corrected chi connectivity index (χ1v) is 7.37. The average molecular weight is 285 g/mol. The van der Waals surface area contributed by atoms with Crippen LogP contribution < -0.4 is 15.2 Å².